The summed E-state index contributed by atoms with van der Waals surface area (Å²) >= 11 is 0. The van der Waals surface area contributed by atoms with E-state index in [0.29, 0.717) is 36.2 Å². The van der Waals surface area contributed by atoms with Crippen LogP contribution in [0.3, 0.4) is 0 Å². The van der Waals surface area contributed by atoms with Crippen molar-refractivity contribution in [1.82, 2.24) is 0 Å². The molecule has 0 amide bonds. The second-order valence-electron chi connectivity index (χ2n) is 7.85. The molecule has 31 heavy (non-hydrogen) atoms. The second-order valence-corrected chi connectivity index (χ2v) is 7.85. The molecule has 7 heteroatoms. The number of rotatable bonds is 8. The molecule has 2 aromatic carbocycles. The fourth-order valence-corrected chi connectivity index (χ4v) is 4.97. The Morgan fingerprint density at radius 1 is 0.806 bits per heavy atom. The first-order chi connectivity index (χ1) is 15.2. The molecule has 0 fully saturated rings. The van der Waals surface area contributed by atoms with Crippen LogP contribution in [0.1, 0.15) is 22.6 Å². The maximum atomic E-state index is 5.98. The molecule has 1 aliphatic heterocycles. The van der Waals surface area contributed by atoms with E-state index >= 15 is 0 Å². The fraction of sp³-hybridized carbons (Fsp3) is 0.500. The molecule has 0 unspecified atom stereocenters. The van der Waals surface area contributed by atoms with Gasteiger partial charge in [-0.05, 0) is 47.6 Å². The quantitative estimate of drug-likeness (QED) is 0.633. The van der Waals surface area contributed by atoms with Gasteiger partial charge in [0.25, 0.3) is 0 Å². The summed E-state index contributed by atoms with van der Waals surface area (Å²) < 4.78 is 39.7. The summed E-state index contributed by atoms with van der Waals surface area (Å²) in [7, 11) is 8.42. The third-order valence-electron chi connectivity index (χ3n) is 6.29. The predicted octanol–water partition coefficient (Wildman–Crippen LogP) is 3.65. The molecule has 2 aliphatic rings. The summed E-state index contributed by atoms with van der Waals surface area (Å²) in [6.07, 6.45) is 0.841. The van der Waals surface area contributed by atoms with Crippen molar-refractivity contribution in [2.45, 2.75) is 12.3 Å². The van der Waals surface area contributed by atoms with Crippen LogP contribution in [0.4, 0.5) is 0 Å². The van der Waals surface area contributed by atoms with E-state index in [0.717, 1.165) is 23.3 Å². The van der Waals surface area contributed by atoms with Crippen LogP contribution in [-0.4, -0.2) is 55.6 Å². The zero-order valence-corrected chi connectivity index (χ0v) is 18.7. The van der Waals surface area contributed by atoms with Crippen molar-refractivity contribution >= 4 is 0 Å². The number of methoxy groups -OCH3 is 5. The maximum absolute atomic E-state index is 5.98. The third-order valence-corrected chi connectivity index (χ3v) is 6.29. The normalized spacial score (nSPS) is 21.5. The molecule has 0 saturated carbocycles. The average molecular weight is 430 g/mol. The molecule has 4 rings (SSSR count). The molecule has 0 saturated heterocycles. The molecule has 0 spiro atoms. The Hall–Kier alpha value is -2.64. The van der Waals surface area contributed by atoms with E-state index < -0.39 is 0 Å². The minimum Gasteiger partial charge on any atom is -0.493 e. The van der Waals surface area contributed by atoms with Crippen LogP contribution in [0.15, 0.2) is 24.3 Å². The van der Waals surface area contributed by atoms with Gasteiger partial charge in [-0.25, -0.2) is 0 Å². The van der Waals surface area contributed by atoms with E-state index in [9.17, 15) is 0 Å². The Morgan fingerprint density at radius 3 is 2.19 bits per heavy atom. The lowest BCUT2D eigenvalue weighted by atomic mass is 9.66. The van der Waals surface area contributed by atoms with Gasteiger partial charge in [0.1, 0.15) is 0 Å². The zero-order valence-electron chi connectivity index (χ0n) is 18.7. The van der Waals surface area contributed by atoms with Gasteiger partial charge in [-0.3, -0.25) is 0 Å². The van der Waals surface area contributed by atoms with Crippen molar-refractivity contribution in [3.8, 4) is 28.7 Å². The van der Waals surface area contributed by atoms with Gasteiger partial charge in [0.2, 0.25) is 12.5 Å². The number of benzene rings is 2. The summed E-state index contributed by atoms with van der Waals surface area (Å²) in [5.74, 6) is 3.94. The van der Waals surface area contributed by atoms with Crippen LogP contribution in [0.2, 0.25) is 0 Å². The van der Waals surface area contributed by atoms with Gasteiger partial charge >= 0.3 is 0 Å². The molecule has 0 aromatic heterocycles. The van der Waals surface area contributed by atoms with Crippen molar-refractivity contribution in [2.75, 3.05) is 55.6 Å². The van der Waals surface area contributed by atoms with Crippen molar-refractivity contribution in [3.05, 3.63) is 41.0 Å². The summed E-state index contributed by atoms with van der Waals surface area (Å²) in [5, 5.41) is 0. The summed E-state index contributed by atoms with van der Waals surface area (Å²) in [6, 6.07) is 8.14. The molecule has 1 aliphatic carbocycles. The highest BCUT2D eigenvalue weighted by Crippen LogP contribution is 2.55. The van der Waals surface area contributed by atoms with E-state index in [-0.39, 0.29) is 24.5 Å². The molecule has 0 bridgehead atoms. The largest absolute Gasteiger partial charge is 0.493 e. The van der Waals surface area contributed by atoms with Gasteiger partial charge in [-0.2, -0.15) is 0 Å². The van der Waals surface area contributed by atoms with Crippen LogP contribution < -0.4 is 23.7 Å². The lowest BCUT2D eigenvalue weighted by Gasteiger charge is -2.40. The molecule has 1 heterocycles. The number of hydrogen-bond donors (Lipinski definition) is 0. The van der Waals surface area contributed by atoms with Crippen LogP contribution >= 0.6 is 0 Å². The van der Waals surface area contributed by atoms with Crippen molar-refractivity contribution in [1.29, 1.82) is 0 Å². The SMILES string of the molecule is COC[C@H]1Cc2cc(OC)c3c(c2[C@H](c2ccc(OC)c(OC)c2)[C@H]1COC)OCO3. The highest BCUT2D eigenvalue weighted by molar-refractivity contribution is 5.64. The second kappa shape index (κ2) is 9.24. The Bertz CT molecular complexity index is 927. The molecule has 2 aromatic rings. The third kappa shape index (κ3) is 3.77. The van der Waals surface area contributed by atoms with Crippen LogP contribution in [0.5, 0.6) is 28.7 Å². The predicted molar refractivity (Wildman–Crippen MR) is 115 cm³/mol. The zero-order chi connectivity index (χ0) is 22.0. The molecular weight excluding hydrogens is 400 g/mol. The minimum absolute atomic E-state index is 0.00464. The fourth-order valence-electron chi connectivity index (χ4n) is 4.97. The van der Waals surface area contributed by atoms with Gasteiger partial charge in [0.15, 0.2) is 23.0 Å². The van der Waals surface area contributed by atoms with Gasteiger partial charge in [-0.15, -0.1) is 0 Å². The van der Waals surface area contributed by atoms with Gasteiger partial charge in [-0.1, -0.05) is 6.07 Å². The maximum Gasteiger partial charge on any atom is 0.231 e. The van der Waals surface area contributed by atoms with Gasteiger partial charge in [0, 0.05) is 32.3 Å². The molecule has 3 atom stereocenters. The summed E-state index contributed by atoms with van der Waals surface area (Å²) in [5.41, 5.74) is 3.40. The monoisotopic (exact) mass is 430 g/mol. The molecule has 168 valence electrons. The highest BCUT2D eigenvalue weighted by atomic mass is 16.7. The Labute approximate surface area is 183 Å². The van der Waals surface area contributed by atoms with Crippen molar-refractivity contribution in [2.24, 2.45) is 11.8 Å². The van der Waals surface area contributed by atoms with E-state index in [2.05, 4.69) is 12.1 Å². The topological polar surface area (TPSA) is 64.6 Å². The average Bonchev–Trinajstić information content (AvgIpc) is 3.29. The van der Waals surface area contributed by atoms with E-state index in [4.69, 9.17) is 33.2 Å². The smallest absolute Gasteiger partial charge is 0.231 e. The first-order valence-electron chi connectivity index (χ1n) is 10.4. The number of fused-ring (bicyclic) bond motifs is 3. The minimum atomic E-state index is 0.00464. The summed E-state index contributed by atoms with van der Waals surface area (Å²) in [6.45, 7) is 1.40. The Balaban J connectivity index is 1.93. The van der Waals surface area contributed by atoms with E-state index in [1.165, 1.54) is 5.56 Å². The Morgan fingerprint density at radius 2 is 1.52 bits per heavy atom. The van der Waals surface area contributed by atoms with Crippen LogP contribution in [0.25, 0.3) is 0 Å². The Kier molecular flexibility index (Phi) is 6.43. The van der Waals surface area contributed by atoms with E-state index in [1.54, 1.807) is 35.5 Å². The van der Waals surface area contributed by atoms with Gasteiger partial charge in [0.05, 0.1) is 27.9 Å². The van der Waals surface area contributed by atoms with Gasteiger partial charge < -0.3 is 33.2 Å². The van der Waals surface area contributed by atoms with Crippen molar-refractivity contribution < 1.29 is 33.2 Å². The molecule has 0 N–H and O–H groups in total. The standard InChI is InChI=1S/C24H30O7/c1-25-11-16-8-15-10-20(29-5)23-24(31-13-30-23)22(15)21(17(16)12-26-2)14-6-7-18(27-3)19(9-14)28-4/h6-7,9-10,16-17,21H,8,11-13H2,1-5H3/t16-,17+,21-/m1/s1. The lowest BCUT2D eigenvalue weighted by Crippen LogP contribution is -2.36. The molecular formula is C24H30O7. The lowest BCUT2D eigenvalue weighted by molar-refractivity contribution is 0.0559. The van der Waals surface area contributed by atoms with E-state index in [1.807, 2.05) is 12.1 Å². The first kappa shape index (κ1) is 21.6. The molecule has 7 nitrogen and oxygen atoms in total. The number of ether oxygens (including phenoxy) is 7. The van der Waals surface area contributed by atoms with Crippen molar-refractivity contribution in [3.63, 3.8) is 0 Å². The first-order valence-corrected chi connectivity index (χ1v) is 10.4. The van der Waals surface area contributed by atoms with Crippen LogP contribution in [-0.2, 0) is 15.9 Å². The number of hydrogen-bond acceptors (Lipinski definition) is 7. The van der Waals surface area contributed by atoms with Crippen LogP contribution in [0, 0.1) is 11.8 Å². The highest BCUT2D eigenvalue weighted by Gasteiger charge is 2.42. The molecule has 0 radical (unpaired) electrons. The summed E-state index contributed by atoms with van der Waals surface area (Å²) in [4.78, 5) is 0.